The smallest absolute Gasteiger partial charge is 0.199 e. The predicted molar refractivity (Wildman–Crippen MR) is 63.1 cm³/mol. The third-order valence-electron chi connectivity index (χ3n) is 3.40. The Bertz CT molecular complexity index is 617. The summed E-state index contributed by atoms with van der Waals surface area (Å²) in [5.41, 5.74) is 0.880. The molecule has 1 heterocycles. The molecule has 1 aromatic carbocycles. The van der Waals surface area contributed by atoms with Crippen LogP contribution in [0, 0.1) is 0 Å². The Balaban J connectivity index is 2.20. The second kappa shape index (κ2) is 2.88. The summed E-state index contributed by atoms with van der Waals surface area (Å²) in [6.45, 7) is 1.81. The lowest BCUT2D eigenvalue weighted by Crippen LogP contribution is -2.19. The first-order chi connectivity index (χ1) is 7.53. The van der Waals surface area contributed by atoms with Crippen molar-refractivity contribution in [2.24, 2.45) is 0 Å². The molecule has 0 spiro atoms. The predicted octanol–water partition coefficient (Wildman–Crippen LogP) is 2.49. The van der Waals surface area contributed by atoms with Gasteiger partial charge in [0, 0.05) is 10.9 Å². The molecular weight excluding hydrogens is 222 g/mol. The SMILES string of the molecule is CC1(S(=O)(=O)c2cc3ccccc3[nH]2)CC1. The minimum absolute atomic E-state index is 0.355. The number of para-hydroxylation sites is 1. The standard InChI is InChI=1S/C12H13NO2S/c1-12(6-7-12)16(14,15)11-8-9-4-2-3-5-10(9)13-11/h2-5,8,13H,6-7H2,1H3. The van der Waals surface area contributed by atoms with Crippen molar-refractivity contribution in [1.82, 2.24) is 4.98 Å². The number of hydrogen-bond donors (Lipinski definition) is 1. The molecule has 3 rings (SSSR count). The second-order valence-electron chi connectivity index (χ2n) is 4.67. The van der Waals surface area contributed by atoms with E-state index in [1.165, 1.54) is 0 Å². The van der Waals surface area contributed by atoms with Crippen molar-refractivity contribution < 1.29 is 8.42 Å². The molecule has 2 aromatic rings. The van der Waals surface area contributed by atoms with Crippen LogP contribution in [-0.4, -0.2) is 18.1 Å². The van der Waals surface area contributed by atoms with Crippen LogP contribution >= 0.6 is 0 Å². The largest absolute Gasteiger partial charge is 0.346 e. The Morgan fingerprint density at radius 3 is 2.56 bits per heavy atom. The zero-order chi connectivity index (χ0) is 11.4. The van der Waals surface area contributed by atoms with Gasteiger partial charge in [-0.3, -0.25) is 0 Å². The van der Waals surface area contributed by atoms with Gasteiger partial charge in [0.05, 0.1) is 4.75 Å². The molecular formula is C12H13NO2S. The molecule has 84 valence electrons. The van der Waals surface area contributed by atoms with E-state index >= 15 is 0 Å². The van der Waals surface area contributed by atoms with Crippen LogP contribution in [0.4, 0.5) is 0 Å². The van der Waals surface area contributed by atoms with Gasteiger partial charge in [0.15, 0.2) is 9.84 Å². The third-order valence-corrected chi connectivity index (χ3v) is 5.90. The molecule has 1 aliphatic carbocycles. The number of hydrogen-bond acceptors (Lipinski definition) is 2. The van der Waals surface area contributed by atoms with Gasteiger partial charge in [-0.1, -0.05) is 18.2 Å². The van der Waals surface area contributed by atoms with Crippen LogP contribution in [-0.2, 0) is 9.84 Å². The van der Waals surface area contributed by atoms with Crippen LogP contribution in [0.2, 0.25) is 0 Å². The van der Waals surface area contributed by atoms with E-state index in [-0.39, 0.29) is 0 Å². The molecule has 1 aliphatic rings. The molecule has 0 bridgehead atoms. The summed E-state index contributed by atoms with van der Waals surface area (Å²) in [6.07, 6.45) is 1.54. The maximum absolute atomic E-state index is 12.3. The Morgan fingerprint density at radius 1 is 1.25 bits per heavy atom. The molecule has 0 aliphatic heterocycles. The van der Waals surface area contributed by atoms with Gasteiger partial charge in [-0.05, 0) is 31.9 Å². The van der Waals surface area contributed by atoms with Crippen molar-refractivity contribution in [3.05, 3.63) is 30.3 Å². The lowest BCUT2D eigenvalue weighted by atomic mass is 10.3. The topological polar surface area (TPSA) is 49.9 Å². The Hall–Kier alpha value is -1.29. The fourth-order valence-corrected chi connectivity index (χ4v) is 3.60. The average molecular weight is 235 g/mol. The highest BCUT2D eigenvalue weighted by Crippen LogP contribution is 2.46. The number of rotatable bonds is 2. The first-order valence-corrected chi connectivity index (χ1v) is 6.84. The zero-order valence-electron chi connectivity index (χ0n) is 9.03. The fraction of sp³-hybridized carbons (Fsp3) is 0.333. The van der Waals surface area contributed by atoms with Gasteiger partial charge in [0.1, 0.15) is 5.03 Å². The molecule has 1 saturated carbocycles. The van der Waals surface area contributed by atoms with Gasteiger partial charge >= 0.3 is 0 Å². The van der Waals surface area contributed by atoms with Crippen molar-refractivity contribution in [3.63, 3.8) is 0 Å². The minimum atomic E-state index is -3.18. The summed E-state index contributed by atoms with van der Waals surface area (Å²) in [4.78, 5) is 2.99. The average Bonchev–Trinajstić information content (AvgIpc) is 2.87. The molecule has 1 aromatic heterocycles. The Labute approximate surface area is 94.4 Å². The van der Waals surface area contributed by atoms with Gasteiger partial charge in [-0.25, -0.2) is 8.42 Å². The Morgan fingerprint density at radius 2 is 1.94 bits per heavy atom. The van der Waals surface area contributed by atoms with E-state index in [2.05, 4.69) is 4.98 Å². The summed E-state index contributed by atoms with van der Waals surface area (Å²) in [6, 6.07) is 9.34. The van der Waals surface area contributed by atoms with E-state index in [0.717, 1.165) is 23.7 Å². The van der Waals surface area contributed by atoms with E-state index in [0.29, 0.717) is 5.03 Å². The second-order valence-corrected chi connectivity index (χ2v) is 7.11. The Kier molecular flexibility index (Phi) is 1.79. The monoisotopic (exact) mass is 235 g/mol. The zero-order valence-corrected chi connectivity index (χ0v) is 9.84. The highest BCUT2D eigenvalue weighted by atomic mass is 32.2. The number of aromatic amines is 1. The highest BCUT2D eigenvalue weighted by molar-refractivity contribution is 7.93. The lowest BCUT2D eigenvalue weighted by Gasteiger charge is -2.07. The van der Waals surface area contributed by atoms with Crippen LogP contribution in [0.25, 0.3) is 10.9 Å². The highest BCUT2D eigenvalue weighted by Gasteiger charge is 2.51. The maximum Gasteiger partial charge on any atom is 0.199 e. The summed E-state index contributed by atoms with van der Waals surface area (Å²) in [5, 5.41) is 1.30. The number of aromatic nitrogens is 1. The van der Waals surface area contributed by atoms with Crippen LogP contribution in [0.5, 0.6) is 0 Å². The van der Waals surface area contributed by atoms with E-state index in [1.54, 1.807) is 6.07 Å². The molecule has 16 heavy (non-hydrogen) atoms. The van der Waals surface area contributed by atoms with Gasteiger partial charge in [0.25, 0.3) is 0 Å². The summed E-state index contributed by atoms with van der Waals surface area (Å²) in [7, 11) is -3.18. The molecule has 0 amide bonds. The molecule has 0 unspecified atom stereocenters. The number of H-pyrrole nitrogens is 1. The molecule has 4 heteroatoms. The van der Waals surface area contributed by atoms with Crippen molar-refractivity contribution >= 4 is 20.7 Å². The van der Waals surface area contributed by atoms with Crippen molar-refractivity contribution in [3.8, 4) is 0 Å². The first-order valence-electron chi connectivity index (χ1n) is 5.35. The molecule has 0 saturated heterocycles. The lowest BCUT2D eigenvalue weighted by molar-refractivity contribution is 0.579. The van der Waals surface area contributed by atoms with Crippen molar-refractivity contribution in [1.29, 1.82) is 0 Å². The van der Waals surface area contributed by atoms with Crippen molar-refractivity contribution in [2.75, 3.05) is 0 Å². The van der Waals surface area contributed by atoms with Gasteiger partial charge in [-0.2, -0.15) is 0 Å². The summed E-state index contributed by atoms with van der Waals surface area (Å²) in [5.74, 6) is 0. The number of nitrogens with one attached hydrogen (secondary N) is 1. The number of sulfone groups is 1. The molecule has 0 atom stereocenters. The van der Waals surface area contributed by atoms with Crippen LogP contribution < -0.4 is 0 Å². The normalized spacial score (nSPS) is 18.8. The van der Waals surface area contributed by atoms with Crippen molar-refractivity contribution in [2.45, 2.75) is 29.5 Å². The maximum atomic E-state index is 12.3. The molecule has 1 N–H and O–H groups in total. The van der Waals surface area contributed by atoms with Crippen LogP contribution in [0.15, 0.2) is 35.4 Å². The summed E-state index contributed by atoms with van der Waals surface area (Å²) < 4.78 is 24.0. The number of benzene rings is 1. The van der Waals surface area contributed by atoms with Crippen LogP contribution in [0.3, 0.4) is 0 Å². The molecule has 3 nitrogen and oxygen atoms in total. The van der Waals surface area contributed by atoms with E-state index < -0.39 is 14.6 Å². The van der Waals surface area contributed by atoms with E-state index in [9.17, 15) is 8.42 Å². The summed E-state index contributed by atoms with van der Waals surface area (Å²) >= 11 is 0. The van der Waals surface area contributed by atoms with E-state index in [4.69, 9.17) is 0 Å². The number of fused-ring (bicyclic) bond motifs is 1. The molecule has 0 radical (unpaired) electrons. The molecule has 1 fully saturated rings. The minimum Gasteiger partial charge on any atom is -0.346 e. The van der Waals surface area contributed by atoms with E-state index in [1.807, 2.05) is 31.2 Å². The van der Waals surface area contributed by atoms with Gasteiger partial charge < -0.3 is 4.98 Å². The van der Waals surface area contributed by atoms with Gasteiger partial charge in [0.2, 0.25) is 0 Å². The van der Waals surface area contributed by atoms with Gasteiger partial charge in [-0.15, -0.1) is 0 Å². The third kappa shape index (κ3) is 1.23. The quantitative estimate of drug-likeness (QED) is 0.869. The first kappa shape index (κ1) is 9.90. The van der Waals surface area contributed by atoms with Crippen LogP contribution in [0.1, 0.15) is 19.8 Å². The fourth-order valence-electron chi connectivity index (χ4n) is 1.90.